The highest BCUT2D eigenvalue weighted by Gasteiger charge is 2.32. The van der Waals surface area contributed by atoms with Crippen LogP contribution in [-0.2, 0) is 0 Å². The van der Waals surface area contributed by atoms with Crippen LogP contribution in [0.15, 0.2) is 12.1 Å². The van der Waals surface area contributed by atoms with Gasteiger partial charge in [0.2, 0.25) is 0 Å². The lowest BCUT2D eigenvalue weighted by atomic mass is 9.76. The van der Waals surface area contributed by atoms with Gasteiger partial charge < -0.3 is 5.11 Å². The first-order valence-corrected chi connectivity index (χ1v) is 5.81. The average Bonchev–Trinajstić information content (AvgIpc) is 2.21. The van der Waals surface area contributed by atoms with Crippen LogP contribution >= 0.6 is 0 Å². The molecule has 2 unspecified atom stereocenters. The molecule has 0 saturated heterocycles. The number of hydrogen-bond acceptors (Lipinski definition) is 1. The second kappa shape index (κ2) is 4.69. The van der Waals surface area contributed by atoms with Crippen LogP contribution in [0.5, 0.6) is 0 Å². The molecule has 94 valence electrons. The maximum atomic E-state index is 13.6. The first kappa shape index (κ1) is 12.4. The van der Waals surface area contributed by atoms with Crippen molar-refractivity contribution >= 4 is 0 Å². The van der Waals surface area contributed by atoms with Crippen molar-refractivity contribution in [3.63, 3.8) is 0 Å². The Kier molecular flexibility index (Phi) is 3.43. The first-order chi connectivity index (χ1) is 7.99. The van der Waals surface area contributed by atoms with Gasteiger partial charge in [-0.2, -0.15) is 0 Å². The Morgan fingerprint density at radius 1 is 1.12 bits per heavy atom. The molecule has 1 aromatic rings. The van der Waals surface area contributed by atoms with E-state index < -0.39 is 29.5 Å². The van der Waals surface area contributed by atoms with Crippen LogP contribution in [0.2, 0.25) is 0 Å². The summed E-state index contributed by atoms with van der Waals surface area (Å²) in [6.45, 7) is 1.98. The van der Waals surface area contributed by atoms with Gasteiger partial charge in [-0.25, -0.2) is 13.2 Å². The Balaban J connectivity index is 2.38. The number of aliphatic hydroxyl groups excluding tert-OH is 1. The largest absolute Gasteiger partial charge is 0.392 e. The van der Waals surface area contributed by atoms with Gasteiger partial charge in [0.25, 0.3) is 0 Å². The van der Waals surface area contributed by atoms with Crippen LogP contribution in [0.4, 0.5) is 13.2 Å². The quantitative estimate of drug-likeness (QED) is 0.803. The summed E-state index contributed by atoms with van der Waals surface area (Å²) in [5.74, 6) is -2.99. The fourth-order valence-electron chi connectivity index (χ4n) is 2.58. The van der Waals surface area contributed by atoms with Crippen LogP contribution < -0.4 is 0 Å². The molecule has 0 radical (unpaired) electrons. The van der Waals surface area contributed by atoms with Crippen molar-refractivity contribution in [2.75, 3.05) is 0 Å². The third-order valence-corrected chi connectivity index (χ3v) is 3.49. The predicted molar refractivity (Wildman–Crippen MR) is 58.1 cm³/mol. The maximum absolute atomic E-state index is 13.6. The molecule has 4 heteroatoms. The fraction of sp³-hybridized carbons (Fsp3) is 0.538. The van der Waals surface area contributed by atoms with Gasteiger partial charge >= 0.3 is 0 Å². The van der Waals surface area contributed by atoms with E-state index in [-0.39, 0.29) is 5.56 Å². The third kappa shape index (κ3) is 2.46. The van der Waals surface area contributed by atoms with E-state index in [1.165, 1.54) is 0 Å². The molecule has 0 aliphatic heterocycles. The van der Waals surface area contributed by atoms with Gasteiger partial charge in [-0.1, -0.05) is 6.92 Å². The third-order valence-electron chi connectivity index (χ3n) is 3.49. The minimum atomic E-state index is -0.929. The lowest BCUT2D eigenvalue weighted by Gasteiger charge is -2.32. The molecular weight excluding hydrogens is 229 g/mol. The first-order valence-electron chi connectivity index (χ1n) is 5.81. The number of benzene rings is 1. The van der Waals surface area contributed by atoms with Gasteiger partial charge in [0.05, 0.1) is 6.10 Å². The Morgan fingerprint density at radius 2 is 1.71 bits per heavy atom. The molecule has 1 saturated carbocycles. The Hall–Kier alpha value is -1.03. The lowest BCUT2D eigenvalue weighted by Crippen LogP contribution is -2.28. The van der Waals surface area contributed by atoms with Gasteiger partial charge in [0.15, 0.2) is 0 Å². The molecule has 0 bridgehead atoms. The highest BCUT2D eigenvalue weighted by molar-refractivity contribution is 5.26. The van der Waals surface area contributed by atoms with Gasteiger partial charge in [-0.3, -0.25) is 0 Å². The van der Waals surface area contributed by atoms with Crippen LogP contribution in [0.1, 0.15) is 37.7 Å². The van der Waals surface area contributed by atoms with E-state index in [1.807, 2.05) is 6.92 Å². The molecular formula is C13H15F3O. The maximum Gasteiger partial charge on any atom is 0.132 e. The zero-order valence-corrected chi connectivity index (χ0v) is 9.59. The smallest absolute Gasteiger partial charge is 0.132 e. The Bertz CT molecular complexity index is 396. The zero-order valence-electron chi connectivity index (χ0n) is 9.59. The molecule has 3 atom stereocenters. The summed E-state index contributed by atoms with van der Waals surface area (Å²) in [5.41, 5.74) is -0.176. The number of aliphatic hydroxyl groups is 1. The molecule has 2 rings (SSSR count). The van der Waals surface area contributed by atoms with Crippen molar-refractivity contribution < 1.29 is 18.3 Å². The zero-order chi connectivity index (χ0) is 12.6. The SMILES string of the molecule is C[C@H]1CCC(O)C(c2c(F)cc(F)cc2F)C1. The normalized spacial score (nSPS) is 29.4. The molecule has 0 spiro atoms. The highest BCUT2D eigenvalue weighted by atomic mass is 19.1. The van der Waals surface area contributed by atoms with Crippen molar-refractivity contribution in [2.45, 2.75) is 38.2 Å². The van der Waals surface area contributed by atoms with E-state index in [2.05, 4.69) is 0 Å². The van der Waals surface area contributed by atoms with Crippen molar-refractivity contribution in [2.24, 2.45) is 5.92 Å². The molecule has 1 fully saturated rings. The summed E-state index contributed by atoms with van der Waals surface area (Å²) in [7, 11) is 0. The Morgan fingerprint density at radius 3 is 2.29 bits per heavy atom. The topological polar surface area (TPSA) is 20.2 Å². The van der Waals surface area contributed by atoms with Gasteiger partial charge in [-0.05, 0) is 25.2 Å². The standard InChI is InChI=1S/C13H15F3O/c1-7-2-3-12(17)9(4-7)13-10(15)5-8(14)6-11(13)16/h5-7,9,12,17H,2-4H2,1H3/t7-,9?,12?/m0/s1. The van der Waals surface area contributed by atoms with E-state index in [9.17, 15) is 18.3 Å². The van der Waals surface area contributed by atoms with E-state index in [0.717, 1.165) is 6.42 Å². The van der Waals surface area contributed by atoms with Crippen LogP contribution in [-0.4, -0.2) is 11.2 Å². The van der Waals surface area contributed by atoms with E-state index in [0.29, 0.717) is 30.9 Å². The molecule has 17 heavy (non-hydrogen) atoms. The number of rotatable bonds is 1. The molecule has 1 aromatic carbocycles. The van der Waals surface area contributed by atoms with Gasteiger partial charge in [-0.15, -0.1) is 0 Å². The van der Waals surface area contributed by atoms with Crippen molar-refractivity contribution in [1.29, 1.82) is 0 Å². The Labute approximate surface area is 98.3 Å². The second-order valence-electron chi connectivity index (χ2n) is 4.88. The summed E-state index contributed by atoms with van der Waals surface area (Å²) < 4.78 is 40.0. The molecule has 0 aromatic heterocycles. The predicted octanol–water partition coefficient (Wildman–Crippen LogP) is 3.37. The van der Waals surface area contributed by atoms with Crippen LogP contribution in [0.3, 0.4) is 0 Å². The summed E-state index contributed by atoms with van der Waals surface area (Å²) in [5, 5.41) is 9.83. The van der Waals surface area contributed by atoms with E-state index in [1.54, 1.807) is 0 Å². The molecule has 1 nitrogen and oxygen atoms in total. The molecule has 1 aliphatic rings. The van der Waals surface area contributed by atoms with Gasteiger partial charge in [0, 0.05) is 23.6 Å². The van der Waals surface area contributed by atoms with Crippen molar-refractivity contribution in [3.8, 4) is 0 Å². The highest BCUT2D eigenvalue weighted by Crippen LogP contribution is 2.38. The fourth-order valence-corrected chi connectivity index (χ4v) is 2.58. The second-order valence-corrected chi connectivity index (χ2v) is 4.88. The number of halogens is 3. The minimum Gasteiger partial charge on any atom is -0.392 e. The average molecular weight is 244 g/mol. The van der Waals surface area contributed by atoms with E-state index in [4.69, 9.17) is 0 Å². The minimum absolute atomic E-state index is 0.176. The monoisotopic (exact) mass is 244 g/mol. The molecule has 1 aliphatic carbocycles. The van der Waals surface area contributed by atoms with Crippen LogP contribution in [0, 0.1) is 23.4 Å². The van der Waals surface area contributed by atoms with E-state index >= 15 is 0 Å². The van der Waals surface area contributed by atoms with Crippen LogP contribution in [0.25, 0.3) is 0 Å². The molecule has 0 amide bonds. The number of hydrogen-bond donors (Lipinski definition) is 1. The van der Waals surface area contributed by atoms with Gasteiger partial charge in [0.1, 0.15) is 17.5 Å². The summed E-state index contributed by atoms with van der Waals surface area (Å²) in [6, 6.07) is 1.34. The summed E-state index contributed by atoms with van der Waals surface area (Å²) in [4.78, 5) is 0. The molecule has 1 N–H and O–H groups in total. The summed E-state index contributed by atoms with van der Waals surface area (Å²) >= 11 is 0. The van der Waals surface area contributed by atoms with Crippen molar-refractivity contribution in [3.05, 3.63) is 35.1 Å². The summed E-state index contributed by atoms with van der Waals surface area (Å²) in [6.07, 6.45) is 1.16. The van der Waals surface area contributed by atoms with Crippen molar-refractivity contribution in [1.82, 2.24) is 0 Å². The lowest BCUT2D eigenvalue weighted by molar-refractivity contribution is 0.0848. The molecule has 0 heterocycles.